The van der Waals surface area contributed by atoms with E-state index >= 15 is 0 Å². The molecule has 3 aromatic heterocycles. The van der Waals surface area contributed by atoms with Crippen LogP contribution in [0.4, 0.5) is 0 Å². The van der Waals surface area contributed by atoms with Crippen LogP contribution in [-0.4, -0.2) is 33.2 Å². The normalized spacial score (nSPS) is 11.3. The van der Waals surface area contributed by atoms with E-state index in [4.69, 9.17) is 9.15 Å². The van der Waals surface area contributed by atoms with Gasteiger partial charge in [0.05, 0.1) is 18.6 Å². The summed E-state index contributed by atoms with van der Waals surface area (Å²) in [6.07, 6.45) is 7.91. The maximum Gasteiger partial charge on any atom is 0.276 e. The number of nitrogens with one attached hydrogen (secondary N) is 1. The van der Waals surface area contributed by atoms with Crippen LogP contribution in [0, 0.1) is 0 Å². The maximum atomic E-state index is 12.8. The average Bonchev–Trinajstić information content (AvgIpc) is 3.45. The van der Waals surface area contributed by atoms with E-state index in [9.17, 15) is 9.59 Å². The molecule has 158 valence electrons. The van der Waals surface area contributed by atoms with E-state index in [2.05, 4.69) is 10.4 Å². The number of amides is 1. The summed E-state index contributed by atoms with van der Waals surface area (Å²) < 4.78 is 13.7. The van der Waals surface area contributed by atoms with Gasteiger partial charge in [0, 0.05) is 37.1 Å². The summed E-state index contributed by atoms with van der Waals surface area (Å²) in [5, 5.41) is 7.25. The summed E-state index contributed by atoms with van der Waals surface area (Å²) in [6, 6.07) is 12.9. The minimum absolute atomic E-state index is 0.174. The molecule has 4 rings (SSSR count). The Morgan fingerprint density at radius 2 is 2.06 bits per heavy atom. The number of hydrogen-bond donors (Lipinski definition) is 1. The molecular formula is C23H22N4O4. The molecule has 0 atom stereocenters. The van der Waals surface area contributed by atoms with E-state index in [1.54, 1.807) is 45.8 Å². The quantitative estimate of drug-likeness (QED) is 0.444. The molecule has 1 N–H and O–H groups in total. The van der Waals surface area contributed by atoms with Crippen molar-refractivity contribution in [2.45, 2.75) is 13.5 Å². The molecule has 0 aliphatic heterocycles. The molecule has 0 unspecified atom stereocenters. The van der Waals surface area contributed by atoms with Crippen LogP contribution in [0.15, 0.2) is 76.4 Å². The highest BCUT2D eigenvalue weighted by atomic mass is 16.5. The zero-order chi connectivity index (χ0) is 21.6. The van der Waals surface area contributed by atoms with Gasteiger partial charge in [-0.05, 0) is 55.5 Å². The molecule has 3 heterocycles. The van der Waals surface area contributed by atoms with Crippen molar-refractivity contribution in [2.24, 2.45) is 0 Å². The lowest BCUT2D eigenvalue weighted by Gasteiger charge is -2.06. The van der Waals surface area contributed by atoms with E-state index < -0.39 is 0 Å². The van der Waals surface area contributed by atoms with Crippen molar-refractivity contribution in [3.8, 4) is 17.0 Å². The fourth-order valence-corrected chi connectivity index (χ4v) is 3.13. The van der Waals surface area contributed by atoms with Crippen molar-refractivity contribution >= 4 is 17.5 Å². The Hall–Kier alpha value is -4.07. The van der Waals surface area contributed by atoms with Crippen molar-refractivity contribution in [3.05, 3.63) is 83.3 Å². The molecule has 0 aliphatic carbocycles. The van der Waals surface area contributed by atoms with Crippen LogP contribution in [0.1, 0.15) is 12.7 Å². The van der Waals surface area contributed by atoms with E-state index in [0.29, 0.717) is 36.7 Å². The average molecular weight is 418 g/mol. The number of aromatic nitrogens is 3. The Morgan fingerprint density at radius 1 is 1.23 bits per heavy atom. The van der Waals surface area contributed by atoms with Gasteiger partial charge in [-0.2, -0.15) is 5.10 Å². The molecule has 1 aromatic carbocycles. The first kappa shape index (κ1) is 20.2. The van der Waals surface area contributed by atoms with Crippen LogP contribution < -0.4 is 15.6 Å². The minimum atomic E-state index is -0.257. The summed E-state index contributed by atoms with van der Waals surface area (Å²) in [6.45, 7) is 3.20. The number of carbonyl (C=O) groups excluding carboxylic acids is 1. The van der Waals surface area contributed by atoms with E-state index in [0.717, 1.165) is 11.3 Å². The Kier molecular flexibility index (Phi) is 5.98. The number of ether oxygens (including phenoxy) is 1. The van der Waals surface area contributed by atoms with E-state index in [-0.39, 0.29) is 11.5 Å². The van der Waals surface area contributed by atoms with Gasteiger partial charge in [-0.25, -0.2) is 4.52 Å². The van der Waals surface area contributed by atoms with Crippen LogP contribution >= 0.6 is 0 Å². The Balaban J connectivity index is 1.43. The van der Waals surface area contributed by atoms with Gasteiger partial charge < -0.3 is 19.0 Å². The molecule has 8 nitrogen and oxygen atoms in total. The molecule has 0 saturated carbocycles. The van der Waals surface area contributed by atoms with Crippen LogP contribution in [0.25, 0.3) is 22.9 Å². The zero-order valence-electron chi connectivity index (χ0n) is 17.0. The lowest BCUT2D eigenvalue weighted by Crippen LogP contribution is -2.30. The Labute approximate surface area is 178 Å². The topological polar surface area (TPSA) is 90.8 Å². The van der Waals surface area contributed by atoms with Gasteiger partial charge in [-0.15, -0.1) is 0 Å². The van der Waals surface area contributed by atoms with Gasteiger partial charge in [0.2, 0.25) is 5.91 Å². The number of nitrogens with zero attached hydrogens (tertiary/aromatic N) is 3. The lowest BCUT2D eigenvalue weighted by atomic mass is 10.1. The number of carbonyl (C=O) groups is 1. The molecule has 0 bridgehead atoms. The maximum absolute atomic E-state index is 12.8. The predicted octanol–water partition coefficient (Wildman–Crippen LogP) is 2.98. The molecule has 31 heavy (non-hydrogen) atoms. The minimum Gasteiger partial charge on any atom is -0.494 e. The van der Waals surface area contributed by atoms with E-state index in [1.807, 2.05) is 31.2 Å². The third kappa shape index (κ3) is 4.75. The Morgan fingerprint density at radius 3 is 2.81 bits per heavy atom. The molecule has 8 heteroatoms. The summed E-state index contributed by atoms with van der Waals surface area (Å²) in [5.41, 5.74) is 1.89. The third-order valence-corrected chi connectivity index (χ3v) is 4.66. The van der Waals surface area contributed by atoms with Gasteiger partial charge in [0.1, 0.15) is 17.0 Å². The van der Waals surface area contributed by atoms with Crippen molar-refractivity contribution in [2.75, 3.05) is 13.2 Å². The number of furan rings is 1. The second-order valence-electron chi connectivity index (χ2n) is 6.75. The van der Waals surface area contributed by atoms with Crippen molar-refractivity contribution in [1.29, 1.82) is 0 Å². The predicted molar refractivity (Wildman–Crippen MR) is 117 cm³/mol. The first-order valence-electron chi connectivity index (χ1n) is 9.95. The van der Waals surface area contributed by atoms with Crippen LogP contribution in [0.2, 0.25) is 0 Å². The fraction of sp³-hybridized carbons (Fsp3) is 0.174. The molecule has 0 radical (unpaired) electrons. The molecule has 0 aliphatic rings. The van der Waals surface area contributed by atoms with Gasteiger partial charge >= 0.3 is 0 Å². The van der Waals surface area contributed by atoms with E-state index in [1.165, 1.54) is 12.3 Å². The smallest absolute Gasteiger partial charge is 0.276 e. The zero-order valence-corrected chi connectivity index (χ0v) is 17.0. The molecule has 1 amide bonds. The highest BCUT2D eigenvalue weighted by Crippen LogP contribution is 2.21. The Bertz CT molecular complexity index is 1250. The first-order valence-corrected chi connectivity index (χ1v) is 9.95. The van der Waals surface area contributed by atoms with Gasteiger partial charge in [0.25, 0.3) is 5.56 Å². The molecular weight excluding hydrogens is 396 g/mol. The van der Waals surface area contributed by atoms with Crippen molar-refractivity contribution < 1.29 is 13.9 Å². The van der Waals surface area contributed by atoms with Crippen LogP contribution in [0.5, 0.6) is 5.75 Å². The first-order chi connectivity index (χ1) is 15.1. The third-order valence-electron chi connectivity index (χ3n) is 4.66. The highest BCUT2D eigenvalue weighted by Gasteiger charge is 2.09. The standard InChI is InChI=1S/C23H22N4O4/c1-2-30-19-7-5-17(6-8-19)20-16-21-23(29)26(13-14-27(21)25-20)12-11-24-22(28)10-9-18-4-3-15-31-18/h3-10,13-16H,2,11-12H2,1H3,(H,24,28)/b10-9+. The number of fused-ring (bicyclic) bond motifs is 1. The molecule has 0 fully saturated rings. The second-order valence-corrected chi connectivity index (χ2v) is 6.75. The van der Waals surface area contributed by atoms with Crippen molar-refractivity contribution in [1.82, 2.24) is 19.5 Å². The van der Waals surface area contributed by atoms with Crippen LogP contribution in [-0.2, 0) is 11.3 Å². The second kappa shape index (κ2) is 9.17. The monoisotopic (exact) mass is 418 g/mol. The highest BCUT2D eigenvalue weighted by molar-refractivity contribution is 5.91. The summed E-state index contributed by atoms with van der Waals surface area (Å²) in [4.78, 5) is 24.7. The van der Waals surface area contributed by atoms with Gasteiger partial charge in [0.15, 0.2) is 0 Å². The van der Waals surface area contributed by atoms with Gasteiger partial charge in [-0.1, -0.05) is 0 Å². The lowest BCUT2D eigenvalue weighted by molar-refractivity contribution is -0.116. The molecule has 0 spiro atoms. The number of rotatable bonds is 8. The van der Waals surface area contributed by atoms with Crippen molar-refractivity contribution in [3.63, 3.8) is 0 Å². The largest absolute Gasteiger partial charge is 0.494 e. The number of benzene rings is 1. The van der Waals surface area contributed by atoms with Crippen LogP contribution in [0.3, 0.4) is 0 Å². The molecule has 0 saturated heterocycles. The summed E-state index contributed by atoms with van der Waals surface area (Å²) in [5.74, 6) is 1.13. The molecule has 4 aromatic rings. The van der Waals surface area contributed by atoms with Gasteiger partial charge in [-0.3, -0.25) is 9.59 Å². The number of hydrogen-bond acceptors (Lipinski definition) is 5. The summed E-state index contributed by atoms with van der Waals surface area (Å²) >= 11 is 0. The summed E-state index contributed by atoms with van der Waals surface area (Å²) in [7, 11) is 0. The fourth-order valence-electron chi connectivity index (χ4n) is 3.13. The SMILES string of the molecule is CCOc1ccc(-c2cc3c(=O)n(CCNC(=O)/C=C/c4ccco4)ccn3n2)cc1.